The van der Waals surface area contributed by atoms with Gasteiger partial charge in [-0.15, -0.1) is 11.3 Å². The SMILES string of the molecule is C=O.CC(=O)c1ccc(-c2cc3ccc(O)cc3s2)cc1. The lowest BCUT2D eigenvalue weighted by atomic mass is 10.1. The van der Waals surface area contributed by atoms with Crippen molar-refractivity contribution < 1.29 is 14.7 Å². The van der Waals surface area contributed by atoms with Gasteiger partial charge < -0.3 is 9.90 Å². The second-order valence-corrected chi connectivity index (χ2v) is 5.55. The summed E-state index contributed by atoms with van der Waals surface area (Å²) in [7, 11) is 0. The van der Waals surface area contributed by atoms with Crippen LogP contribution in [0.2, 0.25) is 0 Å². The average Bonchev–Trinajstić information content (AvgIpc) is 2.92. The molecule has 106 valence electrons. The van der Waals surface area contributed by atoms with Crippen LogP contribution in [0.1, 0.15) is 17.3 Å². The highest BCUT2D eigenvalue weighted by atomic mass is 32.1. The van der Waals surface area contributed by atoms with Gasteiger partial charge >= 0.3 is 0 Å². The number of benzene rings is 2. The highest BCUT2D eigenvalue weighted by Gasteiger charge is 2.06. The first kappa shape index (κ1) is 14.9. The summed E-state index contributed by atoms with van der Waals surface area (Å²) in [6.07, 6.45) is 0. The second-order valence-electron chi connectivity index (χ2n) is 4.47. The van der Waals surface area contributed by atoms with Gasteiger partial charge in [0.2, 0.25) is 0 Å². The number of fused-ring (bicyclic) bond motifs is 1. The fourth-order valence-corrected chi connectivity index (χ4v) is 3.13. The van der Waals surface area contributed by atoms with E-state index in [0.717, 1.165) is 26.1 Å². The maximum atomic E-state index is 11.2. The van der Waals surface area contributed by atoms with Crippen LogP contribution in [0.3, 0.4) is 0 Å². The molecule has 3 nitrogen and oxygen atoms in total. The van der Waals surface area contributed by atoms with Crippen molar-refractivity contribution in [3.8, 4) is 16.2 Å². The Morgan fingerprint density at radius 2 is 1.71 bits per heavy atom. The molecule has 0 aliphatic carbocycles. The predicted molar refractivity (Wildman–Crippen MR) is 86.1 cm³/mol. The zero-order valence-electron chi connectivity index (χ0n) is 11.5. The van der Waals surface area contributed by atoms with E-state index < -0.39 is 0 Å². The van der Waals surface area contributed by atoms with E-state index in [1.807, 2.05) is 37.1 Å². The van der Waals surface area contributed by atoms with E-state index in [4.69, 9.17) is 4.79 Å². The molecule has 0 aliphatic heterocycles. The molecule has 1 N–H and O–H groups in total. The smallest absolute Gasteiger partial charge is 0.159 e. The Bertz CT molecular complexity index is 772. The zero-order valence-corrected chi connectivity index (χ0v) is 12.3. The lowest BCUT2D eigenvalue weighted by Gasteiger charge is -1.98. The first-order valence-corrected chi connectivity index (χ1v) is 7.08. The average molecular weight is 298 g/mol. The van der Waals surface area contributed by atoms with Gasteiger partial charge in [0.05, 0.1) is 0 Å². The molecule has 2 aromatic carbocycles. The minimum atomic E-state index is 0.0767. The first-order valence-electron chi connectivity index (χ1n) is 6.26. The number of carbonyl (C=O) groups is 2. The van der Waals surface area contributed by atoms with Crippen LogP contribution in [-0.2, 0) is 4.79 Å². The van der Waals surface area contributed by atoms with Crippen LogP contribution in [-0.4, -0.2) is 17.7 Å². The summed E-state index contributed by atoms with van der Waals surface area (Å²) in [6, 6.07) is 15.1. The zero-order chi connectivity index (χ0) is 15.4. The molecule has 0 spiro atoms. The molecule has 0 saturated heterocycles. The van der Waals surface area contributed by atoms with Crippen molar-refractivity contribution in [2.24, 2.45) is 0 Å². The summed E-state index contributed by atoms with van der Waals surface area (Å²) >= 11 is 1.63. The van der Waals surface area contributed by atoms with Crippen molar-refractivity contribution >= 4 is 34.0 Å². The van der Waals surface area contributed by atoms with Gasteiger partial charge in [-0.2, -0.15) is 0 Å². The van der Waals surface area contributed by atoms with Gasteiger partial charge in [0.1, 0.15) is 12.5 Å². The van der Waals surface area contributed by atoms with Crippen LogP contribution < -0.4 is 0 Å². The van der Waals surface area contributed by atoms with Gasteiger partial charge in [0, 0.05) is 15.1 Å². The van der Waals surface area contributed by atoms with Crippen LogP contribution in [0.15, 0.2) is 48.5 Å². The molecular formula is C17H14O3S. The van der Waals surface area contributed by atoms with Gasteiger partial charge in [0.15, 0.2) is 5.78 Å². The number of hydrogen-bond acceptors (Lipinski definition) is 4. The third kappa shape index (κ3) is 3.17. The lowest BCUT2D eigenvalue weighted by Crippen LogP contribution is -1.90. The maximum absolute atomic E-state index is 11.2. The van der Waals surface area contributed by atoms with E-state index in [1.54, 1.807) is 30.4 Å². The molecule has 0 fully saturated rings. The van der Waals surface area contributed by atoms with Gasteiger partial charge in [0.25, 0.3) is 0 Å². The Morgan fingerprint density at radius 3 is 2.33 bits per heavy atom. The minimum Gasteiger partial charge on any atom is -0.508 e. The highest BCUT2D eigenvalue weighted by Crippen LogP contribution is 2.35. The third-order valence-electron chi connectivity index (χ3n) is 3.08. The number of rotatable bonds is 2. The monoisotopic (exact) mass is 298 g/mol. The molecule has 1 aromatic heterocycles. The largest absolute Gasteiger partial charge is 0.508 e. The first-order chi connectivity index (χ1) is 10.1. The van der Waals surface area contributed by atoms with E-state index in [-0.39, 0.29) is 11.5 Å². The van der Waals surface area contributed by atoms with Gasteiger partial charge in [-0.25, -0.2) is 0 Å². The van der Waals surface area contributed by atoms with Crippen molar-refractivity contribution in [1.82, 2.24) is 0 Å². The maximum Gasteiger partial charge on any atom is 0.159 e. The molecular weight excluding hydrogens is 284 g/mol. The summed E-state index contributed by atoms with van der Waals surface area (Å²) in [5.74, 6) is 0.362. The molecule has 0 unspecified atom stereocenters. The number of phenols is 1. The molecule has 0 bridgehead atoms. The Morgan fingerprint density at radius 1 is 1.05 bits per heavy atom. The molecule has 0 aliphatic rings. The quantitative estimate of drug-likeness (QED) is 0.718. The third-order valence-corrected chi connectivity index (χ3v) is 4.23. The minimum absolute atomic E-state index is 0.0767. The summed E-state index contributed by atoms with van der Waals surface area (Å²) in [4.78, 5) is 20.4. The van der Waals surface area contributed by atoms with Crippen molar-refractivity contribution in [3.63, 3.8) is 0 Å². The summed E-state index contributed by atoms with van der Waals surface area (Å²) in [6.45, 7) is 3.57. The summed E-state index contributed by atoms with van der Waals surface area (Å²) < 4.78 is 1.06. The topological polar surface area (TPSA) is 54.4 Å². The van der Waals surface area contributed by atoms with Gasteiger partial charge in [-0.3, -0.25) is 4.79 Å². The number of Topliss-reactive ketones (excluding diaryl/α,β-unsaturated/α-hetero) is 1. The Hall–Kier alpha value is -2.46. The van der Waals surface area contributed by atoms with E-state index >= 15 is 0 Å². The molecule has 21 heavy (non-hydrogen) atoms. The normalized spacial score (nSPS) is 9.95. The molecule has 0 saturated carbocycles. The second kappa shape index (κ2) is 6.33. The Balaban J connectivity index is 0.000000774. The van der Waals surface area contributed by atoms with Crippen molar-refractivity contribution in [3.05, 3.63) is 54.1 Å². The molecule has 0 atom stereocenters. The fourth-order valence-electron chi connectivity index (χ4n) is 2.03. The Labute approximate surface area is 126 Å². The lowest BCUT2D eigenvalue weighted by molar-refractivity contribution is -0.0980. The number of phenolic OH excluding ortho intramolecular Hbond substituents is 1. The van der Waals surface area contributed by atoms with Crippen LogP contribution in [0.5, 0.6) is 5.75 Å². The van der Waals surface area contributed by atoms with Gasteiger partial charge in [-0.05, 0) is 42.1 Å². The van der Waals surface area contributed by atoms with Crippen LogP contribution >= 0.6 is 11.3 Å². The molecule has 4 heteroatoms. The van der Waals surface area contributed by atoms with Gasteiger partial charge in [-0.1, -0.05) is 24.3 Å². The van der Waals surface area contributed by atoms with E-state index in [0.29, 0.717) is 0 Å². The van der Waals surface area contributed by atoms with Crippen LogP contribution in [0.4, 0.5) is 0 Å². The molecule has 0 radical (unpaired) electrons. The number of aromatic hydroxyl groups is 1. The molecule has 3 rings (SSSR count). The van der Waals surface area contributed by atoms with Crippen LogP contribution in [0, 0.1) is 0 Å². The molecule has 0 amide bonds. The van der Waals surface area contributed by atoms with E-state index in [9.17, 15) is 9.90 Å². The van der Waals surface area contributed by atoms with Crippen molar-refractivity contribution in [2.45, 2.75) is 6.92 Å². The Kier molecular flexibility index (Phi) is 4.50. The summed E-state index contributed by atoms with van der Waals surface area (Å²) in [5.41, 5.74) is 1.81. The number of carbonyl (C=O) groups excluding carboxylic acids is 2. The number of ketones is 1. The predicted octanol–water partition coefficient (Wildman–Crippen LogP) is 4.29. The van der Waals surface area contributed by atoms with E-state index in [2.05, 4.69) is 6.07 Å². The number of hydrogen-bond donors (Lipinski definition) is 1. The highest BCUT2D eigenvalue weighted by molar-refractivity contribution is 7.22. The van der Waals surface area contributed by atoms with Crippen molar-refractivity contribution in [2.75, 3.05) is 0 Å². The molecule has 1 heterocycles. The van der Waals surface area contributed by atoms with Crippen molar-refractivity contribution in [1.29, 1.82) is 0 Å². The summed E-state index contributed by atoms with van der Waals surface area (Å²) in [5, 5.41) is 10.6. The number of thiophene rings is 1. The fraction of sp³-hybridized carbons (Fsp3) is 0.0588. The molecule has 3 aromatic rings. The van der Waals surface area contributed by atoms with E-state index in [1.165, 1.54) is 0 Å². The standard InChI is InChI=1S/C16H12O2S.CH2O/c1-10(17)11-2-4-12(5-3-11)15-8-13-6-7-14(18)9-16(13)19-15;1-2/h2-9,18H,1H3;1H2. The van der Waals surface area contributed by atoms with Crippen LogP contribution in [0.25, 0.3) is 20.5 Å².